The normalized spacial score (nSPS) is 42.6. The molecule has 0 aromatic carbocycles. The summed E-state index contributed by atoms with van der Waals surface area (Å²) in [4.78, 5) is 50.6. The van der Waals surface area contributed by atoms with Crippen LogP contribution in [0, 0.1) is 22.7 Å². The van der Waals surface area contributed by atoms with Crippen molar-refractivity contribution in [1.29, 1.82) is 0 Å². The molecule has 1 N–H and O–H groups in total. The highest BCUT2D eigenvalue weighted by Crippen LogP contribution is 2.65. The van der Waals surface area contributed by atoms with Gasteiger partial charge in [0.15, 0.2) is 18.0 Å². The minimum Gasteiger partial charge on any atom is -0.457 e. The van der Waals surface area contributed by atoms with Crippen molar-refractivity contribution in [2.45, 2.75) is 58.3 Å². The van der Waals surface area contributed by atoms with Crippen molar-refractivity contribution < 1.29 is 33.8 Å². The Bertz CT molecular complexity index is 943. The lowest BCUT2D eigenvalue weighted by Gasteiger charge is -2.54. The molecular weight excluding hydrogens is 388 g/mol. The Balaban J connectivity index is 1.97. The molecule has 30 heavy (non-hydrogen) atoms. The van der Waals surface area contributed by atoms with Crippen LogP contribution in [0.2, 0.25) is 0 Å². The maximum Gasteiger partial charge on any atom is 0.303 e. The van der Waals surface area contributed by atoms with Gasteiger partial charge in [0.1, 0.15) is 6.10 Å². The average molecular weight is 414 g/mol. The van der Waals surface area contributed by atoms with Gasteiger partial charge in [0.05, 0.1) is 5.41 Å². The SMILES string of the molecule is C=C1CC[C@]2(C)C3=C(C(=O)[C@@]4(C[C@@H]4C)[C@H](OC(C)=O)C3=O)[C@H](OC=O)[C@@H](O)[C@H]2C1=C. The Morgan fingerprint density at radius 3 is 2.47 bits per heavy atom. The number of rotatable bonds is 3. The van der Waals surface area contributed by atoms with Crippen LogP contribution in [-0.4, -0.2) is 47.4 Å². The zero-order valence-corrected chi connectivity index (χ0v) is 17.4. The lowest BCUT2D eigenvalue weighted by molar-refractivity contribution is -0.163. The number of aliphatic hydroxyl groups is 1. The van der Waals surface area contributed by atoms with Crippen LogP contribution in [-0.2, 0) is 28.7 Å². The third kappa shape index (κ3) is 2.41. The van der Waals surface area contributed by atoms with Gasteiger partial charge in [0, 0.05) is 29.4 Å². The van der Waals surface area contributed by atoms with Crippen LogP contribution >= 0.6 is 0 Å². The first-order valence-electron chi connectivity index (χ1n) is 10.2. The smallest absolute Gasteiger partial charge is 0.303 e. The van der Waals surface area contributed by atoms with Crippen LogP contribution in [0.15, 0.2) is 35.5 Å². The quantitative estimate of drug-likeness (QED) is 0.555. The zero-order valence-electron chi connectivity index (χ0n) is 17.4. The monoisotopic (exact) mass is 414 g/mol. The highest BCUT2D eigenvalue weighted by molar-refractivity contribution is 6.20. The molecule has 7 nitrogen and oxygen atoms in total. The number of carbonyl (C=O) groups is 4. The number of Topliss-reactive ketones (excluding diaryl/α,β-unsaturated/α-hetero) is 2. The van der Waals surface area contributed by atoms with Crippen molar-refractivity contribution in [3.63, 3.8) is 0 Å². The molecule has 4 aliphatic carbocycles. The van der Waals surface area contributed by atoms with E-state index in [-0.39, 0.29) is 29.3 Å². The zero-order chi connectivity index (χ0) is 22.2. The summed E-state index contributed by atoms with van der Waals surface area (Å²) in [7, 11) is 0. The standard InChI is InChI=1S/C23H26O7/c1-10-6-7-22(5)15(12(10)3)17(26)19(29-9-24)14-16(22)18(27)21(30-13(4)25)23(20(14)28)8-11(23)2/h9,11,15,17,19,21,26H,1,3,6-8H2,2,4-5H3/t11-,15+,17-,19-,21+,22-,23-/m0/s1. The molecule has 7 atom stereocenters. The van der Waals surface area contributed by atoms with Gasteiger partial charge in [-0.25, -0.2) is 0 Å². The van der Waals surface area contributed by atoms with Crippen molar-refractivity contribution >= 4 is 24.0 Å². The molecule has 0 aliphatic heterocycles. The van der Waals surface area contributed by atoms with E-state index < -0.39 is 46.8 Å². The van der Waals surface area contributed by atoms with Gasteiger partial charge in [0.25, 0.3) is 6.47 Å². The lowest BCUT2D eigenvalue weighted by atomic mass is 9.50. The van der Waals surface area contributed by atoms with Gasteiger partial charge in [-0.1, -0.05) is 32.6 Å². The third-order valence-electron chi connectivity index (χ3n) is 7.71. The first-order chi connectivity index (χ1) is 14.0. The van der Waals surface area contributed by atoms with Crippen LogP contribution in [0.1, 0.15) is 40.0 Å². The summed E-state index contributed by atoms with van der Waals surface area (Å²) in [6.07, 6.45) is -2.32. The maximum absolute atomic E-state index is 13.8. The van der Waals surface area contributed by atoms with Crippen molar-refractivity contribution in [2.75, 3.05) is 0 Å². The summed E-state index contributed by atoms with van der Waals surface area (Å²) in [6.45, 7) is 13.1. The molecular formula is C23H26O7. The van der Waals surface area contributed by atoms with E-state index in [1.54, 1.807) is 0 Å². The minimum absolute atomic E-state index is 0.0476. The number of fused-ring (bicyclic) bond motifs is 2. The molecule has 0 amide bonds. The molecule has 0 bridgehead atoms. The van der Waals surface area contributed by atoms with E-state index in [0.717, 1.165) is 5.57 Å². The highest BCUT2D eigenvalue weighted by atomic mass is 16.6. The molecule has 0 saturated heterocycles. The molecule has 2 fully saturated rings. The van der Waals surface area contributed by atoms with E-state index in [1.807, 2.05) is 13.8 Å². The molecule has 7 heteroatoms. The summed E-state index contributed by atoms with van der Waals surface area (Å²) in [6, 6.07) is 0. The average Bonchev–Trinajstić information content (AvgIpc) is 3.34. The fourth-order valence-corrected chi connectivity index (χ4v) is 6.04. The summed E-state index contributed by atoms with van der Waals surface area (Å²) in [5, 5.41) is 11.2. The maximum atomic E-state index is 13.8. The minimum atomic E-state index is -1.28. The molecule has 4 rings (SSSR count). The van der Waals surface area contributed by atoms with E-state index in [9.17, 15) is 24.3 Å². The number of allylic oxidation sites excluding steroid dienone is 1. The Labute approximate surface area is 174 Å². The van der Waals surface area contributed by atoms with Crippen molar-refractivity contribution in [1.82, 2.24) is 0 Å². The fourth-order valence-electron chi connectivity index (χ4n) is 6.04. The van der Waals surface area contributed by atoms with Gasteiger partial charge in [-0.3, -0.25) is 19.2 Å². The Morgan fingerprint density at radius 2 is 1.93 bits per heavy atom. The number of carbonyl (C=O) groups excluding carboxylic acids is 4. The van der Waals surface area contributed by atoms with E-state index in [4.69, 9.17) is 9.47 Å². The van der Waals surface area contributed by atoms with Crippen LogP contribution in [0.3, 0.4) is 0 Å². The van der Waals surface area contributed by atoms with Gasteiger partial charge in [-0.2, -0.15) is 0 Å². The van der Waals surface area contributed by atoms with E-state index in [2.05, 4.69) is 13.2 Å². The molecule has 0 unspecified atom stereocenters. The van der Waals surface area contributed by atoms with Gasteiger partial charge >= 0.3 is 5.97 Å². The lowest BCUT2D eigenvalue weighted by Crippen LogP contribution is -2.61. The predicted octanol–water partition coefficient (Wildman–Crippen LogP) is 1.84. The number of ketones is 2. The molecule has 0 heterocycles. The van der Waals surface area contributed by atoms with Crippen molar-refractivity contribution in [3.05, 3.63) is 35.5 Å². The summed E-state index contributed by atoms with van der Waals surface area (Å²) < 4.78 is 10.6. The molecule has 160 valence electrons. The van der Waals surface area contributed by atoms with Gasteiger partial charge in [0.2, 0.25) is 5.78 Å². The van der Waals surface area contributed by atoms with Crippen LogP contribution in [0.5, 0.6) is 0 Å². The molecule has 0 aromatic heterocycles. The van der Waals surface area contributed by atoms with Crippen LogP contribution in [0.4, 0.5) is 0 Å². The van der Waals surface area contributed by atoms with E-state index in [1.165, 1.54) is 6.92 Å². The summed E-state index contributed by atoms with van der Waals surface area (Å²) >= 11 is 0. The molecule has 0 aromatic rings. The second-order valence-corrected chi connectivity index (χ2v) is 9.28. The fraction of sp³-hybridized carbons (Fsp3) is 0.565. The first kappa shape index (κ1) is 20.7. The van der Waals surface area contributed by atoms with Gasteiger partial charge in [-0.15, -0.1) is 0 Å². The van der Waals surface area contributed by atoms with E-state index >= 15 is 0 Å². The van der Waals surface area contributed by atoms with Crippen molar-refractivity contribution in [2.24, 2.45) is 22.7 Å². The largest absolute Gasteiger partial charge is 0.457 e. The molecule has 2 saturated carbocycles. The summed E-state index contributed by atoms with van der Waals surface area (Å²) in [5.41, 5.74) is -0.508. The highest BCUT2D eigenvalue weighted by Gasteiger charge is 2.72. The summed E-state index contributed by atoms with van der Waals surface area (Å²) in [5.74, 6) is -2.28. The van der Waals surface area contributed by atoms with Crippen LogP contribution < -0.4 is 0 Å². The second-order valence-electron chi connectivity index (χ2n) is 9.28. The number of hydrogen-bond donors (Lipinski definition) is 1. The third-order valence-corrected chi connectivity index (χ3v) is 7.71. The van der Waals surface area contributed by atoms with Crippen LogP contribution in [0.25, 0.3) is 0 Å². The van der Waals surface area contributed by atoms with Gasteiger partial charge in [-0.05, 0) is 30.8 Å². The topological polar surface area (TPSA) is 107 Å². The van der Waals surface area contributed by atoms with Crippen molar-refractivity contribution in [3.8, 4) is 0 Å². The molecule has 1 spiro atoms. The first-order valence-corrected chi connectivity index (χ1v) is 10.2. The second kappa shape index (κ2) is 6.48. The van der Waals surface area contributed by atoms with Gasteiger partial charge < -0.3 is 14.6 Å². The Hall–Kier alpha value is -2.54. The number of hydrogen-bond acceptors (Lipinski definition) is 7. The molecule has 0 radical (unpaired) electrons. The number of aliphatic hydroxyl groups excluding tert-OH is 1. The van der Waals surface area contributed by atoms with E-state index in [0.29, 0.717) is 24.8 Å². The number of esters is 1. The number of ether oxygens (including phenoxy) is 2. The molecule has 4 aliphatic rings. The Morgan fingerprint density at radius 1 is 1.30 bits per heavy atom. The Kier molecular flexibility index (Phi) is 4.47. The predicted molar refractivity (Wildman–Crippen MR) is 105 cm³/mol.